The van der Waals surface area contributed by atoms with E-state index < -0.39 is 10.0 Å². The molecule has 0 saturated heterocycles. The molecular weight excluding hydrogens is 444 g/mol. The number of benzene rings is 2. The first-order valence-electron chi connectivity index (χ1n) is 9.32. The van der Waals surface area contributed by atoms with Crippen molar-refractivity contribution in [2.45, 2.75) is 24.7 Å². The molecule has 0 aliphatic carbocycles. The largest absolute Gasteiger partial charge is 0.495 e. The number of carbonyl (C=O) groups is 1. The fourth-order valence-corrected chi connectivity index (χ4v) is 4.03. The van der Waals surface area contributed by atoms with E-state index in [1.807, 2.05) is 0 Å². The molecule has 2 aromatic carbocycles. The van der Waals surface area contributed by atoms with E-state index in [0.717, 1.165) is 0 Å². The maximum Gasteiger partial charge on any atom is 0.262 e. The first kappa shape index (κ1) is 22.6. The van der Waals surface area contributed by atoms with E-state index in [4.69, 9.17) is 20.9 Å². The molecule has 0 aliphatic heterocycles. The van der Waals surface area contributed by atoms with Gasteiger partial charge in [0.1, 0.15) is 5.75 Å². The number of ether oxygens (including phenoxy) is 1. The zero-order valence-corrected chi connectivity index (χ0v) is 18.5. The average molecular weight is 465 g/mol. The number of anilines is 1. The molecule has 0 unspecified atom stereocenters. The van der Waals surface area contributed by atoms with Crippen molar-refractivity contribution in [1.82, 2.24) is 15.5 Å². The van der Waals surface area contributed by atoms with Crippen LogP contribution in [0.5, 0.6) is 5.75 Å². The smallest absolute Gasteiger partial charge is 0.262 e. The van der Waals surface area contributed by atoms with E-state index in [0.29, 0.717) is 41.9 Å². The number of hydrogen-bond donors (Lipinski definition) is 2. The minimum absolute atomic E-state index is 0.0662. The van der Waals surface area contributed by atoms with Crippen molar-refractivity contribution in [3.63, 3.8) is 0 Å². The van der Waals surface area contributed by atoms with E-state index in [9.17, 15) is 13.2 Å². The molecule has 164 valence electrons. The number of methoxy groups -OCH3 is 1. The highest BCUT2D eigenvalue weighted by atomic mass is 35.5. The Morgan fingerprint density at radius 3 is 2.74 bits per heavy atom. The van der Waals surface area contributed by atoms with Gasteiger partial charge in [0, 0.05) is 23.6 Å². The highest BCUT2D eigenvalue weighted by molar-refractivity contribution is 7.92. The summed E-state index contributed by atoms with van der Waals surface area (Å²) in [7, 11) is -2.55. The van der Waals surface area contributed by atoms with Crippen molar-refractivity contribution >= 4 is 33.2 Å². The second-order valence-corrected chi connectivity index (χ2v) is 8.69. The maximum absolute atomic E-state index is 12.8. The summed E-state index contributed by atoms with van der Waals surface area (Å²) in [5.74, 6) is 0.987. The van der Waals surface area contributed by atoms with Crippen LogP contribution in [-0.2, 0) is 16.4 Å². The van der Waals surface area contributed by atoms with Crippen LogP contribution in [0.3, 0.4) is 0 Å². The van der Waals surface area contributed by atoms with Gasteiger partial charge in [-0.15, -0.1) is 0 Å². The van der Waals surface area contributed by atoms with Gasteiger partial charge < -0.3 is 14.6 Å². The molecule has 9 nitrogen and oxygen atoms in total. The quantitative estimate of drug-likeness (QED) is 0.466. The Kier molecular flexibility index (Phi) is 7.13. The van der Waals surface area contributed by atoms with Crippen LogP contribution in [0.2, 0.25) is 5.02 Å². The van der Waals surface area contributed by atoms with Gasteiger partial charge in [-0.25, -0.2) is 8.42 Å². The topological polar surface area (TPSA) is 123 Å². The van der Waals surface area contributed by atoms with Crippen molar-refractivity contribution in [2.75, 3.05) is 18.4 Å². The van der Waals surface area contributed by atoms with E-state index in [2.05, 4.69) is 20.2 Å². The Morgan fingerprint density at radius 2 is 2.03 bits per heavy atom. The lowest BCUT2D eigenvalue weighted by molar-refractivity contribution is 0.0952. The summed E-state index contributed by atoms with van der Waals surface area (Å²) in [5, 5.41) is 6.80. The number of nitrogens with zero attached hydrogens (tertiary/aromatic N) is 2. The Hall–Kier alpha value is -3.11. The molecule has 0 bridgehead atoms. The maximum atomic E-state index is 12.8. The van der Waals surface area contributed by atoms with Gasteiger partial charge >= 0.3 is 0 Å². The number of hydrogen-bond acceptors (Lipinski definition) is 7. The van der Waals surface area contributed by atoms with Crippen LogP contribution in [0.1, 0.15) is 28.5 Å². The second kappa shape index (κ2) is 9.80. The van der Waals surface area contributed by atoms with Gasteiger partial charge in [0.2, 0.25) is 5.89 Å². The summed E-state index contributed by atoms with van der Waals surface area (Å²) < 4.78 is 38.2. The van der Waals surface area contributed by atoms with E-state index in [-0.39, 0.29) is 22.1 Å². The lowest BCUT2D eigenvalue weighted by Crippen LogP contribution is -2.25. The summed E-state index contributed by atoms with van der Waals surface area (Å²) in [6.45, 7) is 2.10. The third-order valence-electron chi connectivity index (χ3n) is 4.23. The first-order chi connectivity index (χ1) is 14.8. The molecule has 0 saturated carbocycles. The number of aromatic nitrogens is 2. The number of nitrogens with one attached hydrogen (secondary N) is 2. The molecule has 3 aromatic rings. The molecular formula is C20H21ClN4O5S. The highest BCUT2D eigenvalue weighted by Gasteiger charge is 2.19. The molecule has 3 rings (SSSR count). The van der Waals surface area contributed by atoms with Gasteiger partial charge in [-0.1, -0.05) is 22.8 Å². The van der Waals surface area contributed by atoms with Crippen molar-refractivity contribution in [3.8, 4) is 5.75 Å². The zero-order chi connectivity index (χ0) is 22.4. The number of rotatable bonds is 9. The van der Waals surface area contributed by atoms with E-state index in [1.54, 1.807) is 19.1 Å². The predicted octanol–water partition coefficient (Wildman–Crippen LogP) is 3.20. The van der Waals surface area contributed by atoms with E-state index in [1.165, 1.54) is 37.4 Å². The third-order valence-corrected chi connectivity index (χ3v) is 5.83. The highest BCUT2D eigenvalue weighted by Crippen LogP contribution is 2.29. The van der Waals surface area contributed by atoms with Crippen LogP contribution in [0.4, 0.5) is 5.69 Å². The summed E-state index contributed by atoms with van der Waals surface area (Å²) >= 11 is 5.96. The molecule has 31 heavy (non-hydrogen) atoms. The zero-order valence-electron chi connectivity index (χ0n) is 16.9. The van der Waals surface area contributed by atoms with Gasteiger partial charge in [0.15, 0.2) is 5.82 Å². The van der Waals surface area contributed by atoms with E-state index >= 15 is 0 Å². The normalized spacial score (nSPS) is 11.2. The van der Waals surface area contributed by atoms with Crippen LogP contribution < -0.4 is 14.8 Å². The van der Waals surface area contributed by atoms with Crippen molar-refractivity contribution in [1.29, 1.82) is 0 Å². The minimum atomic E-state index is -3.97. The van der Waals surface area contributed by atoms with Crippen LogP contribution in [0.25, 0.3) is 0 Å². The SMILES string of the molecule is COc1ccc(Cl)cc1NS(=O)(=O)c1cccc(C(=O)NCCCc2nc(C)no2)c1. The number of sulfonamides is 1. The molecule has 0 aliphatic rings. The average Bonchev–Trinajstić information content (AvgIpc) is 3.16. The van der Waals surface area contributed by atoms with Crippen LogP contribution in [0, 0.1) is 6.92 Å². The Bertz CT molecular complexity index is 1180. The Morgan fingerprint density at radius 1 is 1.23 bits per heavy atom. The van der Waals surface area contributed by atoms with Gasteiger partial charge in [0.25, 0.3) is 15.9 Å². The summed E-state index contributed by atoms with van der Waals surface area (Å²) in [5.41, 5.74) is 0.413. The van der Waals surface area contributed by atoms with Gasteiger partial charge in [-0.3, -0.25) is 9.52 Å². The number of carbonyl (C=O) groups excluding carboxylic acids is 1. The third kappa shape index (κ3) is 5.96. The number of aryl methyl sites for hydroxylation is 2. The van der Waals surface area contributed by atoms with Crippen LogP contribution in [-0.4, -0.2) is 38.1 Å². The molecule has 2 N–H and O–H groups in total. The fraction of sp³-hybridized carbons (Fsp3) is 0.250. The van der Waals surface area contributed by atoms with Crippen LogP contribution in [0.15, 0.2) is 51.9 Å². The van der Waals surface area contributed by atoms with Gasteiger partial charge in [-0.05, 0) is 49.7 Å². The first-order valence-corrected chi connectivity index (χ1v) is 11.2. The number of halogens is 1. The molecule has 0 radical (unpaired) electrons. The molecule has 0 fully saturated rings. The summed E-state index contributed by atoms with van der Waals surface area (Å²) in [4.78, 5) is 16.5. The summed E-state index contributed by atoms with van der Waals surface area (Å²) in [6, 6.07) is 10.3. The Labute approximate surface area is 184 Å². The molecule has 0 spiro atoms. The second-order valence-electron chi connectivity index (χ2n) is 6.57. The lowest BCUT2D eigenvalue weighted by atomic mass is 10.2. The molecule has 11 heteroatoms. The standard InChI is InChI=1S/C20H21ClN4O5S/c1-13-23-19(30-24-13)7-4-10-22-20(26)14-5-3-6-16(11-14)31(27,28)25-17-12-15(21)8-9-18(17)29-2/h3,5-6,8-9,11-12,25H,4,7,10H2,1-2H3,(H,22,26). The number of amides is 1. The van der Waals surface area contributed by atoms with Gasteiger partial charge in [0.05, 0.1) is 17.7 Å². The molecule has 1 aromatic heterocycles. The molecule has 0 atom stereocenters. The monoisotopic (exact) mass is 464 g/mol. The van der Waals surface area contributed by atoms with Crippen LogP contribution >= 0.6 is 11.6 Å². The Balaban J connectivity index is 1.65. The summed E-state index contributed by atoms with van der Waals surface area (Å²) in [6.07, 6.45) is 1.13. The fourth-order valence-electron chi connectivity index (χ4n) is 2.75. The van der Waals surface area contributed by atoms with Gasteiger partial charge in [-0.2, -0.15) is 4.98 Å². The van der Waals surface area contributed by atoms with Crippen molar-refractivity contribution in [2.24, 2.45) is 0 Å². The minimum Gasteiger partial charge on any atom is -0.495 e. The molecule has 1 amide bonds. The predicted molar refractivity (Wildman–Crippen MR) is 115 cm³/mol. The lowest BCUT2D eigenvalue weighted by Gasteiger charge is -2.13. The molecule has 1 heterocycles. The van der Waals surface area contributed by atoms with Crippen molar-refractivity contribution < 1.29 is 22.5 Å². The van der Waals surface area contributed by atoms with Crippen molar-refractivity contribution in [3.05, 3.63) is 64.8 Å².